The second-order valence-corrected chi connectivity index (χ2v) is 10.9. The van der Waals surface area contributed by atoms with Crippen LogP contribution in [-0.4, -0.2) is 64.7 Å². The summed E-state index contributed by atoms with van der Waals surface area (Å²) >= 11 is 0. The van der Waals surface area contributed by atoms with Gasteiger partial charge in [-0.1, -0.05) is 38.0 Å². The number of ether oxygens (including phenoxy) is 1. The Labute approximate surface area is 214 Å². The molecule has 2 unspecified atom stereocenters. The van der Waals surface area contributed by atoms with Gasteiger partial charge in [0, 0.05) is 25.4 Å². The summed E-state index contributed by atoms with van der Waals surface area (Å²) in [6.07, 6.45) is 5.18. The van der Waals surface area contributed by atoms with Gasteiger partial charge in [0.15, 0.2) is 0 Å². The van der Waals surface area contributed by atoms with Crippen LogP contribution >= 0.6 is 0 Å². The van der Waals surface area contributed by atoms with Crippen molar-refractivity contribution in [3.63, 3.8) is 0 Å². The molecule has 1 aromatic carbocycles. The lowest BCUT2D eigenvalue weighted by molar-refractivity contribution is -0.144. The molecule has 3 amide bonds. The van der Waals surface area contributed by atoms with Crippen molar-refractivity contribution in [3.05, 3.63) is 29.3 Å². The summed E-state index contributed by atoms with van der Waals surface area (Å²) in [5.74, 6) is -1.84. The molecular formula is C28H41N3O5. The van der Waals surface area contributed by atoms with E-state index in [-0.39, 0.29) is 24.3 Å². The van der Waals surface area contributed by atoms with Crippen molar-refractivity contribution in [1.82, 2.24) is 10.2 Å². The number of fused-ring (bicyclic) bond motifs is 1. The van der Waals surface area contributed by atoms with Crippen LogP contribution in [0.5, 0.6) is 0 Å². The van der Waals surface area contributed by atoms with E-state index in [9.17, 15) is 14.4 Å². The monoisotopic (exact) mass is 499 g/mol. The van der Waals surface area contributed by atoms with Crippen molar-refractivity contribution < 1.29 is 24.2 Å². The smallest absolute Gasteiger partial charge is 0.250 e. The summed E-state index contributed by atoms with van der Waals surface area (Å²) in [7, 11) is 0. The fourth-order valence-electron chi connectivity index (χ4n) is 6.68. The number of hydrogen-bond acceptors (Lipinski definition) is 5. The molecule has 2 bridgehead atoms. The lowest BCUT2D eigenvalue weighted by Crippen LogP contribution is -2.53. The molecule has 3 fully saturated rings. The van der Waals surface area contributed by atoms with Gasteiger partial charge in [0.2, 0.25) is 17.7 Å². The number of nitrogens with one attached hydrogen (secondary N) is 2. The first-order valence-electron chi connectivity index (χ1n) is 13.5. The Morgan fingerprint density at radius 2 is 1.81 bits per heavy atom. The number of nitrogens with zero attached hydrogens (tertiary/aromatic N) is 1. The number of carbonyl (C=O) groups is 3. The Morgan fingerprint density at radius 3 is 2.47 bits per heavy atom. The highest BCUT2D eigenvalue weighted by Crippen LogP contribution is 2.63. The Hall–Kier alpha value is -2.45. The van der Waals surface area contributed by atoms with Crippen LogP contribution < -0.4 is 10.6 Å². The van der Waals surface area contributed by atoms with Crippen molar-refractivity contribution in [3.8, 4) is 0 Å². The minimum atomic E-state index is -1.01. The molecule has 198 valence electrons. The van der Waals surface area contributed by atoms with Gasteiger partial charge >= 0.3 is 0 Å². The normalized spacial score (nSPS) is 30.5. The van der Waals surface area contributed by atoms with E-state index in [1.54, 1.807) is 4.90 Å². The zero-order valence-corrected chi connectivity index (χ0v) is 22.1. The van der Waals surface area contributed by atoms with Crippen molar-refractivity contribution >= 4 is 23.4 Å². The highest BCUT2D eigenvalue weighted by molar-refractivity contribution is 6.04. The van der Waals surface area contributed by atoms with Crippen LogP contribution in [0.4, 0.5) is 5.69 Å². The molecule has 0 aliphatic carbocycles. The summed E-state index contributed by atoms with van der Waals surface area (Å²) < 4.78 is 6.65. The van der Waals surface area contributed by atoms with Crippen LogP contribution in [0, 0.1) is 25.7 Å². The molecule has 1 aromatic rings. The van der Waals surface area contributed by atoms with Crippen LogP contribution in [0.3, 0.4) is 0 Å². The van der Waals surface area contributed by atoms with Crippen molar-refractivity contribution in [2.45, 2.75) is 89.9 Å². The lowest BCUT2D eigenvalue weighted by Gasteiger charge is -2.33. The van der Waals surface area contributed by atoms with Gasteiger partial charge in [-0.25, -0.2) is 0 Å². The average molecular weight is 500 g/mol. The number of aliphatic hydroxyl groups excluding tert-OH is 1. The summed E-state index contributed by atoms with van der Waals surface area (Å²) in [4.78, 5) is 42.9. The Morgan fingerprint density at radius 1 is 1.11 bits per heavy atom. The molecule has 3 aliphatic heterocycles. The quantitative estimate of drug-likeness (QED) is 0.406. The lowest BCUT2D eigenvalue weighted by atomic mass is 9.66. The SMILES string of the molecule is CCCNC(=O)[C@H]1[C@H]2C(=O)N(CCCCCCO)C(C(=O)Nc3c(C)cccc3C)C23CC[C@]1(C)O3. The molecule has 1 spiro atoms. The number of likely N-dealkylation sites (tertiary alicyclic amines) is 1. The van der Waals surface area contributed by atoms with Gasteiger partial charge in [-0.15, -0.1) is 0 Å². The molecule has 3 aliphatic rings. The number of para-hydroxylation sites is 1. The summed E-state index contributed by atoms with van der Waals surface area (Å²) in [5.41, 5.74) is 0.901. The van der Waals surface area contributed by atoms with Crippen LogP contribution in [0.1, 0.15) is 69.9 Å². The first-order valence-corrected chi connectivity index (χ1v) is 13.5. The number of rotatable bonds is 11. The fraction of sp³-hybridized carbons (Fsp3) is 0.679. The third-order valence-electron chi connectivity index (χ3n) is 8.39. The topological polar surface area (TPSA) is 108 Å². The third-order valence-corrected chi connectivity index (χ3v) is 8.39. The summed E-state index contributed by atoms with van der Waals surface area (Å²) in [5, 5.41) is 15.2. The first kappa shape index (κ1) is 26.6. The third kappa shape index (κ3) is 4.43. The second-order valence-electron chi connectivity index (χ2n) is 10.9. The number of hydrogen-bond donors (Lipinski definition) is 3. The number of aliphatic hydroxyl groups is 1. The maximum Gasteiger partial charge on any atom is 0.250 e. The van der Waals surface area contributed by atoms with Crippen LogP contribution in [0.15, 0.2) is 18.2 Å². The van der Waals surface area contributed by atoms with Gasteiger partial charge in [0.25, 0.3) is 0 Å². The van der Waals surface area contributed by atoms with E-state index in [0.29, 0.717) is 25.9 Å². The van der Waals surface area contributed by atoms with E-state index in [1.165, 1.54) is 0 Å². The summed E-state index contributed by atoms with van der Waals surface area (Å²) in [6.45, 7) is 8.94. The van der Waals surface area contributed by atoms with Gasteiger partial charge < -0.3 is 25.4 Å². The molecule has 4 rings (SSSR count). The van der Waals surface area contributed by atoms with Crippen LogP contribution in [0.25, 0.3) is 0 Å². The summed E-state index contributed by atoms with van der Waals surface area (Å²) in [6, 6.07) is 5.07. The number of aryl methyl sites for hydroxylation is 2. The molecule has 3 saturated heterocycles. The van der Waals surface area contributed by atoms with E-state index in [4.69, 9.17) is 9.84 Å². The molecule has 5 atom stereocenters. The largest absolute Gasteiger partial charge is 0.396 e. The minimum absolute atomic E-state index is 0.148. The number of unbranched alkanes of at least 4 members (excludes halogenated alkanes) is 3. The minimum Gasteiger partial charge on any atom is -0.396 e. The van der Waals surface area contributed by atoms with Crippen LogP contribution in [-0.2, 0) is 19.1 Å². The predicted molar refractivity (Wildman–Crippen MR) is 137 cm³/mol. The number of anilines is 1. The molecule has 0 aromatic heterocycles. The number of benzene rings is 1. The maximum absolute atomic E-state index is 14.0. The van der Waals surface area contributed by atoms with E-state index in [0.717, 1.165) is 48.9 Å². The van der Waals surface area contributed by atoms with Crippen molar-refractivity contribution in [2.24, 2.45) is 11.8 Å². The Kier molecular flexibility index (Phi) is 7.76. The predicted octanol–water partition coefficient (Wildman–Crippen LogP) is 3.09. The standard InChI is InChI=1S/C28H41N3O5/c1-5-15-29-24(33)20-21-26(35)31(16-8-6-7-9-17-32)23(28(21)14-13-27(20,4)36-28)25(34)30-22-18(2)11-10-12-19(22)3/h10-12,20-21,23,32H,5-9,13-17H2,1-4H3,(H,29,33)(H,30,34)/t20-,21+,23?,27+,28?/m1/s1. The highest BCUT2D eigenvalue weighted by Gasteiger charge is 2.77. The molecule has 8 nitrogen and oxygen atoms in total. The van der Waals surface area contributed by atoms with E-state index in [1.807, 2.05) is 45.9 Å². The van der Waals surface area contributed by atoms with Gasteiger partial charge in [-0.3, -0.25) is 14.4 Å². The molecule has 3 N–H and O–H groups in total. The van der Waals surface area contributed by atoms with Gasteiger partial charge in [-0.05, 0) is 64.0 Å². The average Bonchev–Trinajstić information content (AvgIpc) is 3.40. The van der Waals surface area contributed by atoms with Gasteiger partial charge in [0.1, 0.15) is 11.6 Å². The Bertz CT molecular complexity index is 993. The fourth-order valence-corrected chi connectivity index (χ4v) is 6.68. The first-order chi connectivity index (χ1) is 17.2. The number of carbonyl (C=O) groups excluding carboxylic acids is 3. The molecule has 3 heterocycles. The second kappa shape index (κ2) is 10.5. The molecule has 0 saturated carbocycles. The molecule has 0 radical (unpaired) electrons. The van der Waals surface area contributed by atoms with Crippen molar-refractivity contribution in [1.29, 1.82) is 0 Å². The maximum atomic E-state index is 14.0. The Balaban J connectivity index is 1.67. The van der Waals surface area contributed by atoms with E-state index in [2.05, 4.69) is 10.6 Å². The van der Waals surface area contributed by atoms with Crippen molar-refractivity contribution in [2.75, 3.05) is 25.0 Å². The van der Waals surface area contributed by atoms with E-state index >= 15 is 0 Å². The number of amides is 3. The zero-order valence-electron chi connectivity index (χ0n) is 22.1. The van der Waals surface area contributed by atoms with Crippen LogP contribution in [0.2, 0.25) is 0 Å². The van der Waals surface area contributed by atoms with E-state index < -0.39 is 29.1 Å². The molecule has 8 heteroatoms. The van der Waals surface area contributed by atoms with Gasteiger partial charge in [-0.2, -0.15) is 0 Å². The molecule has 36 heavy (non-hydrogen) atoms. The highest BCUT2D eigenvalue weighted by atomic mass is 16.5. The zero-order chi connectivity index (χ0) is 26.1. The van der Waals surface area contributed by atoms with Gasteiger partial charge in [0.05, 0.1) is 17.4 Å². The molecular weight excluding hydrogens is 458 g/mol.